The van der Waals surface area contributed by atoms with E-state index in [1.807, 2.05) is 6.07 Å². The summed E-state index contributed by atoms with van der Waals surface area (Å²) in [7, 11) is 2.11. The van der Waals surface area contributed by atoms with Gasteiger partial charge in [0.25, 0.3) is 5.91 Å². The summed E-state index contributed by atoms with van der Waals surface area (Å²) in [6.07, 6.45) is 3.83. The van der Waals surface area contributed by atoms with Gasteiger partial charge in [0, 0.05) is 24.8 Å². The van der Waals surface area contributed by atoms with E-state index >= 15 is 0 Å². The van der Waals surface area contributed by atoms with Crippen molar-refractivity contribution in [1.29, 1.82) is 5.26 Å². The number of likely N-dealkylation sites (tertiary alicyclic amines) is 1. The fourth-order valence-electron chi connectivity index (χ4n) is 2.41. The summed E-state index contributed by atoms with van der Waals surface area (Å²) in [4.78, 5) is 18.1. The molecule has 1 saturated heterocycles. The zero-order chi connectivity index (χ0) is 13.7. The third-order valence-electron chi connectivity index (χ3n) is 3.41. The molecule has 0 radical (unpaired) electrons. The maximum Gasteiger partial charge on any atom is 0.251 e. The highest BCUT2D eigenvalue weighted by molar-refractivity contribution is 5.94. The van der Waals surface area contributed by atoms with Crippen LogP contribution in [0, 0.1) is 17.2 Å². The molecule has 0 saturated carbocycles. The second-order valence-corrected chi connectivity index (χ2v) is 5.02. The average Bonchev–Trinajstić information content (AvgIpc) is 2.45. The van der Waals surface area contributed by atoms with Crippen LogP contribution in [0.5, 0.6) is 0 Å². The Labute approximate surface area is 113 Å². The highest BCUT2D eigenvalue weighted by atomic mass is 16.1. The van der Waals surface area contributed by atoms with Gasteiger partial charge in [0.2, 0.25) is 0 Å². The fraction of sp³-hybridized carbons (Fsp3) is 0.500. The summed E-state index contributed by atoms with van der Waals surface area (Å²) in [6, 6.07) is 5.08. The van der Waals surface area contributed by atoms with E-state index in [0.29, 0.717) is 18.0 Å². The molecule has 1 N–H and O–H groups in total. The predicted octanol–water partition coefficient (Wildman–Crippen LogP) is 1.02. The molecule has 5 nitrogen and oxygen atoms in total. The van der Waals surface area contributed by atoms with Gasteiger partial charge < -0.3 is 10.2 Å². The molecule has 0 bridgehead atoms. The molecule has 1 atom stereocenters. The van der Waals surface area contributed by atoms with Gasteiger partial charge >= 0.3 is 0 Å². The van der Waals surface area contributed by atoms with Crippen molar-refractivity contribution in [3.8, 4) is 6.07 Å². The molecular formula is C14H18N4O. The summed E-state index contributed by atoms with van der Waals surface area (Å²) >= 11 is 0. The largest absolute Gasteiger partial charge is 0.352 e. The molecule has 0 aromatic carbocycles. The Morgan fingerprint density at radius 1 is 1.68 bits per heavy atom. The average molecular weight is 258 g/mol. The number of piperidine rings is 1. The van der Waals surface area contributed by atoms with Crippen molar-refractivity contribution in [2.75, 3.05) is 26.7 Å². The smallest absolute Gasteiger partial charge is 0.251 e. The number of nitriles is 1. The summed E-state index contributed by atoms with van der Waals surface area (Å²) < 4.78 is 0. The van der Waals surface area contributed by atoms with E-state index in [2.05, 4.69) is 22.2 Å². The number of rotatable bonds is 3. The Balaban J connectivity index is 1.88. The van der Waals surface area contributed by atoms with Crippen LogP contribution in [0.25, 0.3) is 0 Å². The zero-order valence-electron chi connectivity index (χ0n) is 11.1. The van der Waals surface area contributed by atoms with Crippen LogP contribution in [0.1, 0.15) is 28.9 Å². The van der Waals surface area contributed by atoms with E-state index in [1.165, 1.54) is 18.7 Å². The SMILES string of the molecule is CN1CCCC(CNC(=O)c2ccnc(C#N)c2)C1. The van der Waals surface area contributed by atoms with Gasteiger partial charge in [-0.15, -0.1) is 0 Å². The molecule has 1 fully saturated rings. The lowest BCUT2D eigenvalue weighted by atomic mass is 9.98. The van der Waals surface area contributed by atoms with Gasteiger partial charge in [-0.1, -0.05) is 0 Å². The van der Waals surface area contributed by atoms with Gasteiger partial charge in [0.1, 0.15) is 11.8 Å². The molecule has 1 aromatic heterocycles. The molecule has 0 aliphatic carbocycles. The summed E-state index contributed by atoms with van der Waals surface area (Å²) in [5.74, 6) is 0.382. The number of pyridine rings is 1. The molecule has 100 valence electrons. The molecule has 2 heterocycles. The lowest BCUT2D eigenvalue weighted by Crippen LogP contribution is -2.39. The Kier molecular flexibility index (Phi) is 4.48. The van der Waals surface area contributed by atoms with Crippen LogP contribution in [-0.2, 0) is 0 Å². The first-order chi connectivity index (χ1) is 9.19. The predicted molar refractivity (Wildman–Crippen MR) is 71.5 cm³/mol. The van der Waals surface area contributed by atoms with Gasteiger partial charge in [-0.2, -0.15) is 5.26 Å². The van der Waals surface area contributed by atoms with E-state index < -0.39 is 0 Å². The van der Waals surface area contributed by atoms with Gasteiger partial charge in [0.05, 0.1) is 0 Å². The molecule has 1 amide bonds. The van der Waals surface area contributed by atoms with E-state index in [4.69, 9.17) is 5.26 Å². The molecule has 1 aliphatic heterocycles. The Bertz CT molecular complexity index is 494. The maximum atomic E-state index is 12.0. The van der Waals surface area contributed by atoms with Crippen molar-refractivity contribution in [3.63, 3.8) is 0 Å². The minimum absolute atomic E-state index is 0.132. The first-order valence-electron chi connectivity index (χ1n) is 6.52. The fourth-order valence-corrected chi connectivity index (χ4v) is 2.41. The van der Waals surface area contributed by atoms with Crippen molar-refractivity contribution in [2.24, 2.45) is 5.92 Å². The molecule has 1 aliphatic rings. The Hall–Kier alpha value is -1.93. The van der Waals surface area contributed by atoms with Gasteiger partial charge in [-0.25, -0.2) is 4.98 Å². The van der Waals surface area contributed by atoms with Crippen molar-refractivity contribution in [3.05, 3.63) is 29.6 Å². The minimum Gasteiger partial charge on any atom is -0.352 e. The van der Waals surface area contributed by atoms with Crippen LogP contribution >= 0.6 is 0 Å². The number of hydrogen-bond donors (Lipinski definition) is 1. The van der Waals surface area contributed by atoms with Crippen molar-refractivity contribution >= 4 is 5.91 Å². The highest BCUT2D eigenvalue weighted by Crippen LogP contribution is 2.14. The number of nitrogens with one attached hydrogen (secondary N) is 1. The first-order valence-corrected chi connectivity index (χ1v) is 6.52. The van der Waals surface area contributed by atoms with Crippen LogP contribution in [0.3, 0.4) is 0 Å². The molecule has 1 unspecified atom stereocenters. The monoisotopic (exact) mass is 258 g/mol. The standard InChI is InChI=1S/C14H18N4O/c1-18-6-2-3-11(10-18)9-17-14(19)12-4-5-16-13(7-12)8-15/h4-5,7,11H,2-3,6,9-10H2,1H3,(H,17,19). The molecule has 1 aromatic rings. The lowest BCUT2D eigenvalue weighted by molar-refractivity contribution is 0.0936. The summed E-state index contributed by atoms with van der Waals surface area (Å²) in [6.45, 7) is 2.85. The first kappa shape index (κ1) is 13.5. The second kappa shape index (κ2) is 6.30. The molecule has 19 heavy (non-hydrogen) atoms. The number of nitrogens with zero attached hydrogens (tertiary/aromatic N) is 3. The van der Waals surface area contributed by atoms with Crippen LogP contribution in [0.4, 0.5) is 0 Å². The van der Waals surface area contributed by atoms with Crippen molar-refractivity contribution in [2.45, 2.75) is 12.8 Å². The minimum atomic E-state index is -0.132. The van der Waals surface area contributed by atoms with Crippen molar-refractivity contribution in [1.82, 2.24) is 15.2 Å². The Morgan fingerprint density at radius 2 is 2.53 bits per heavy atom. The number of carbonyl (C=O) groups excluding carboxylic acids is 1. The Morgan fingerprint density at radius 3 is 3.26 bits per heavy atom. The number of amides is 1. The van der Waals surface area contributed by atoms with E-state index in [-0.39, 0.29) is 11.6 Å². The number of aromatic nitrogens is 1. The topological polar surface area (TPSA) is 69.0 Å². The third-order valence-corrected chi connectivity index (χ3v) is 3.41. The van der Waals surface area contributed by atoms with Crippen molar-refractivity contribution < 1.29 is 4.79 Å². The highest BCUT2D eigenvalue weighted by Gasteiger charge is 2.18. The van der Waals surface area contributed by atoms with Crippen LogP contribution < -0.4 is 5.32 Å². The quantitative estimate of drug-likeness (QED) is 0.879. The van der Waals surface area contributed by atoms with Gasteiger partial charge in [0.15, 0.2) is 0 Å². The number of carbonyl (C=O) groups is 1. The van der Waals surface area contributed by atoms with Crippen LogP contribution in [0.2, 0.25) is 0 Å². The van der Waals surface area contributed by atoms with E-state index in [0.717, 1.165) is 19.5 Å². The third kappa shape index (κ3) is 3.76. The lowest BCUT2D eigenvalue weighted by Gasteiger charge is -2.29. The summed E-state index contributed by atoms with van der Waals surface area (Å²) in [5.41, 5.74) is 0.765. The second-order valence-electron chi connectivity index (χ2n) is 5.02. The van der Waals surface area contributed by atoms with E-state index in [9.17, 15) is 4.79 Å². The molecular weight excluding hydrogens is 240 g/mol. The maximum absolute atomic E-state index is 12.0. The van der Waals surface area contributed by atoms with Crippen LogP contribution in [0.15, 0.2) is 18.3 Å². The van der Waals surface area contributed by atoms with Gasteiger partial charge in [-0.05, 0) is 44.5 Å². The number of hydrogen-bond acceptors (Lipinski definition) is 4. The molecule has 5 heteroatoms. The zero-order valence-corrected chi connectivity index (χ0v) is 11.1. The normalized spacial score (nSPS) is 19.7. The molecule has 0 spiro atoms. The van der Waals surface area contributed by atoms with E-state index in [1.54, 1.807) is 6.07 Å². The molecule has 2 rings (SSSR count). The van der Waals surface area contributed by atoms with Crippen LogP contribution in [-0.4, -0.2) is 42.5 Å². The summed E-state index contributed by atoms with van der Waals surface area (Å²) in [5, 5.41) is 11.7. The van der Waals surface area contributed by atoms with Gasteiger partial charge in [-0.3, -0.25) is 4.79 Å².